The number of fused-ring (bicyclic) bond motifs is 4. The Hall–Kier alpha value is -0.510. The van der Waals surface area contributed by atoms with Gasteiger partial charge in [0.2, 0.25) is 5.91 Å². The molecular weight excluding hydrogens is 198 g/mol. The quantitative estimate of drug-likeness (QED) is 0.699. The molecule has 3 fully saturated rings. The predicted octanol–water partition coefficient (Wildman–Crippen LogP) is 1.11. The van der Waals surface area contributed by atoms with Crippen molar-refractivity contribution in [2.45, 2.75) is 36.9 Å². The first-order valence-corrected chi connectivity index (χ1v) is 6.01. The second-order valence-electron chi connectivity index (χ2n) is 4.48. The van der Waals surface area contributed by atoms with Crippen LogP contribution in [0.15, 0.2) is 0 Å². The molecule has 0 aromatic heterocycles. The highest BCUT2D eigenvalue weighted by Crippen LogP contribution is 2.52. The molecule has 2 saturated heterocycles. The van der Waals surface area contributed by atoms with Crippen molar-refractivity contribution in [1.29, 1.82) is 0 Å². The van der Waals surface area contributed by atoms with E-state index in [2.05, 4.69) is 0 Å². The predicted molar refractivity (Wildman–Crippen MR) is 56.0 cm³/mol. The fraction of sp³-hybridized carbons (Fsp3) is 0.800. The minimum Gasteiger partial charge on any atom is -0.368 e. The number of carbonyl (C=O) groups is 2. The third-order valence-corrected chi connectivity index (χ3v) is 5.50. The largest absolute Gasteiger partial charge is 0.368 e. The van der Waals surface area contributed by atoms with Crippen molar-refractivity contribution in [2.24, 2.45) is 11.1 Å². The third kappa shape index (κ3) is 1.36. The lowest BCUT2D eigenvalue weighted by atomic mass is 9.83. The van der Waals surface area contributed by atoms with E-state index in [-0.39, 0.29) is 16.1 Å². The first-order chi connectivity index (χ1) is 6.63. The van der Waals surface area contributed by atoms with Crippen molar-refractivity contribution in [2.75, 3.05) is 5.75 Å². The maximum absolute atomic E-state index is 11.4. The number of carbonyl (C=O) groups excluding carboxylic acids is 2. The lowest BCUT2D eigenvalue weighted by Gasteiger charge is -2.37. The molecule has 1 aliphatic carbocycles. The molecule has 1 saturated carbocycles. The van der Waals surface area contributed by atoms with Gasteiger partial charge in [0.15, 0.2) is 0 Å². The standard InChI is InChI=1S/C10H15NO2S/c11-8(13)10-3-1-2-9(6-12,4-5-10)7-14-10/h6H,1-5,7H2,(H2,11,13). The van der Waals surface area contributed by atoms with Crippen LogP contribution in [0.3, 0.4) is 0 Å². The Balaban J connectivity index is 2.24. The number of primary amides is 1. The summed E-state index contributed by atoms with van der Waals surface area (Å²) in [5.74, 6) is 0.586. The lowest BCUT2D eigenvalue weighted by molar-refractivity contribution is -0.121. The number of amides is 1. The Labute approximate surface area is 87.8 Å². The van der Waals surface area contributed by atoms with E-state index in [0.29, 0.717) is 0 Å². The normalized spacial score (nSPS) is 41.7. The molecule has 2 aliphatic heterocycles. The smallest absolute Gasteiger partial charge is 0.233 e. The topological polar surface area (TPSA) is 60.2 Å². The van der Waals surface area contributed by atoms with Crippen LogP contribution in [0.25, 0.3) is 0 Å². The van der Waals surface area contributed by atoms with E-state index >= 15 is 0 Å². The van der Waals surface area contributed by atoms with Crippen LogP contribution in [0.2, 0.25) is 0 Å². The summed E-state index contributed by atoms with van der Waals surface area (Å²) in [6, 6.07) is 0. The van der Waals surface area contributed by atoms with E-state index in [1.165, 1.54) is 0 Å². The second-order valence-corrected chi connectivity index (χ2v) is 5.84. The monoisotopic (exact) mass is 213 g/mol. The third-order valence-electron chi connectivity index (χ3n) is 3.62. The van der Waals surface area contributed by atoms with Gasteiger partial charge in [-0.25, -0.2) is 0 Å². The van der Waals surface area contributed by atoms with E-state index < -0.39 is 0 Å². The number of hydrogen-bond acceptors (Lipinski definition) is 3. The average molecular weight is 213 g/mol. The molecule has 2 bridgehead atoms. The van der Waals surface area contributed by atoms with Crippen LogP contribution in [0.5, 0.6) is 0 Å². The Kier molecular flexibility index (Phi) is 2.33. The van der Waals surface area contributed by atoms with Crippen LogP contribution in [-0.2, 0) is 9.59 Å². The zero-order valence-electron chi connectivity index (χ0n) is 8.12. The molecule has 14 heavy (non-hydrogen) atoms. The second kappa shape index (κ2) is 3.26. The van der Waals surface area contributed by atoms with Gasteiger partial charge in [0.1, 0.15) is 6.29 Å². The van der Waals surface area contributed by atoms with Crippen LogP contribution >= 0.6 is 11.8 Å². The van der Waals surface area contributed by atoms with Crippen molar-refractivity contribution in [3.8, 4) is 0 Å². The Bertz CT molecular complexity index is 269. The zero-order chi connectivity index (χ0) is 10.2. The fourth-order valence-corrected chi connectivity index (χ4v) is 4.06. The van der Waals surface area contributed by atoms with E-state index in [4.69, 9.17) is 5.73 Å². The van der Waals surface area contributed by atoms with E-state index in [1.807, 2.05) is 0 Å². The SMILES string of the molecule is NC(=O)C12CCCC(C=O)(CC1)CS2. The minimum absolute atomic E-state index is 0.153. The lowest BCUT2D eigenvalue weighted by Crippen LogP contribution is -2.44. The van der Waals surface area contributed by atoms with Gasteiger partial charge in [0, 0.05) is 11.2 Å². The Morgan fingerprint density at radius 1 is 1.29 bits per heavy atom. The molecule has 2 unspecified atom stereocenters. The molecule has 4 heteroatoms. The molecule has 78 valence electrons. The van der Waals surface area contributed by atoms with Crippen molar-refractivity contribution in [3.05, 3.63) is 0 Å². The van der Waals surface area contributed by atoms with Gasteiger partial charge in [0.05, 0.1) is 4.75 Å². The highest BCUT2D eigenvalue weighted by Gasteiger charge is 2.49. The maximum Gasteiger partial charge on any atom is 0.233 e. The molecule has 1 amide bonds. The van der Waals surface area contributed by atoms with Gasteiger partial charge in [-0.15, -0.1) is 11.8 Å². The van der Waals surface area contributed by atoms with Crippen molar-refractivity contribution in [1.82, 2.24) is 0 Å². The molecule has 3 nitrogen and oxygen atoms in total. The maximum atomic E-state index is 11.4. The summed E-state index contributed by atoms with van der Waals surface area (Å²) in [6.07, 6.45) is 5.45. The van der Waals surface area contributed by atoms with Crippen LogP contribution < -0.4 is 5.73 Å². The Morgan fingerprint density at radius 3 is 2.57 bits per heavy atom. The highest BCUT2D eigenvalue weighted by molar-refractivity contribution is 8.01. The summed E-state index contributed by atoms with van der Waals surface area (Å²) in [5.41, 5.74) is 5.29. The number of nitrogens with two attached hydrogens (primary N) is 1. The van der Waals surface area contributed by atoms with Crippen molar-refractivity contribution in [3.63, 3.8) is 0 Å². The molecule has 2 N–H and O–H groups in total. The number of hydrogen-bond donors (Lipinski definition) is 1. The molecule has 2 atom stereocenters. The molecule has 2 heterocycles. The molecule has 0 aromatic carbocycles. The van der Waals surface area contributed by atoms with Gasteiger partial charge in [-0.05, 0) is 25.7 Å². The van der Waals surface area contributed by atoms with Gasteiger partial charge in [-0.2, -0.15) is 0 Å². The summed E-state index contributed by atoms with van der Waals surface area (Å²) in [7, 11) is 0. The zero-order valence-corrected chi connectivity index (χ0v) is 8.94. The van der Waals surface area contributed by atoms with Gasteiger partial charge >= 0.3 is 0 Å². The molecule has 3 rings (SSSR count). The van der Waals surface area contributed by atoms with Crippen LogP contribution in [0.4, 0.5) is 0 Å². The molecule has 0 aromatic rings. The van der Waals surface area contributed by atoms with Gasteiger partial charge < -0.3 is 10.5 Å². The van der Waals surface area contributed by atoms with Crippen LogP contribution in [0, 0.1) is 5.41 Å². The molecule has 0 spiro atoms. The molecule has 3 aliphatic rings. The summed E-state index contributed by atoms with van der Waals surface area (Å²) < 4.78 is -0.358. The minimum atomic E-state index is -0.358. The Morgan fingerprint density at radius 2 is 2.07 bits per heavy atom. The summed E-state index contributed by atoms with van der Waals surface area (Å²) >= 11 is 1.61. The van der Waals surface area contributed by atoms with Gasteiger partial charge in [-0.1, -0.05) is 6.42 Å². The summed E-state index contributed by atoms with van der Waals surface area (Å²) in [4.78, 5) is 22.4. The number of rotatable bonds is 2. The highest BCUT2D eigenvalue weighted by atomic mass is 32.2. The average Bonchev–Trinajstić information content (AvgIpc) is 2.49. The van der Waals surface area contributed by atoms with E-state index in [9.17, 15) is 9.59 Å². The summed E-state index contributed by atoms with van der Waals surface area (Å²) in [5, 5.41) is 0. The van der Waals surface area contributed by atoms with Crippen molar-refractivity contribution < 1.29 is 9.59 Å². The summed E-state index contributed by atoms with van der Waals surface area (Å²) in [6.45, 7) is 0. The van der Waals surface area contributed by atoms with Gasteiger partial charge in [-0.3, -0.25) is 4.79 Å². The van der Waals surface area contributed by atoms with E-state index in [1.54, 1.807) is 11.8 Å². The molecular formula is C10H15NO2S. The fourth-order valence-electron chi connectivity index (χ4n) is 2.47. The van der Waals surface area contributed by atoms with Crippen molar-refractivity contribution >= 4 is 24.0 Å². The molecule has 0 radical (unpaired) electrons. The number of aldehydes is 1. The van der Waals surface area contributed by atoms with Gasteiger partial charge in [0.25, 0.3) is 0 Å². The number of thioether (sulfide) groups is 1. The first kappa shape index (κ1) is 10.0. The van der Waals surface area contributed by atoms with Crippen LogP contribution in [0.1, 0.15) is 32.1 Å². The van der Waals surface area contributed by atoms with E-state index in [0.717, 1.165) is 44.1 Å². The van der Waals surface area contributed by atoms with Crippen LogP contribution in [-0.4, -0.2) is 22.7 Å². The first-order valence-electron chi connectivity index (χ1n) is 5.03.